The summed E-state index contributed by atoms with van der Waals surface area (Å²) in [6.07, 6.45) is 0. The SMILES string of the molecule is CCOC(=O)C1=C(NC(=O)c2ccc(Br)cc2)Oc2ccc3ccccc3c2C1c1ccccc1. The van der Waals surface area contributed by atoms with Gasteiger partial charge in [-0.2, -0.15) is 0 Å². The molecule has 1 atom stereocenters. The number of amides is 1. The molecular weight excluding hydrogens is 506 g/mol. The van der Waals surface area contributed by atoms with Crippen molar-refractivity contribution in [2.75, 3.05) is 6.61 Å². The van der Waals surface area contributed by atoms with Crippen molar-refractivity contribution in [3.63, 3.8) is 0 Å². The van der Waals surface area contributed by atoms with Crippen LogP contribution in [0.1, 0.15) is 34.3 Å². The van der Waals surface area contributed by atoms with Crippen LogP contribution >= 0.6 is 15.9 Å². The van der Waals surface area contributed by atoms with E-state index in [4.69, 9.17) is 9.47 Å². The van der Waals surface area contributed by atoms with Crippen molar-refractivity contribution in [1.82, 2.24) is 5.32 Å². The molecule has 0 saturated heterocycles. The minimum absolute atomic E-state index is 0.0769. The van der Waals surface area contributed by atoms with E-state index < -0.39 is 11.9 Å². The summed E-state index contributed by atoms with van der Waals surface area (Å²) in [6, 6.07) is 28.5. The number of hydrogen-bond donors (Lipinski definition) is 1. The lowest BCUT2D eigenvalue weighted by atomic mass is 9.80. The molecule has 5 rings (SSSR count). The van der Waals surface area contributed by atoms with Crippen LogP contribution in [0.25, 0.3) is 10.8 Å². The molecule has 1 amide bonds. The van der Waals surface area contributed by atoms with Gasteiger partial charge in [0.15, 0.2) is 0 Å². The summed E-state index contributed by atoms with van der Waals surface area (Å²) in [7, 11) is 0. The normalized spacial score (nSPS) is 14.7. The Morgan fingerprint density at radius 3 is 2.37 bits per heavy atom. The number of fused-ring (bicyclic) bond motifs is 3. The largest absolute Gasteiger partial charge is 0.462 e. The molecule has 0 saturated carbocycles. The van der Waals surface area contributed by atoms with E-state index in [0.717, 1.165) is 26.4 Å². The topological polar surface area (TPSA) is 64.6 Å². The Kier molecular flexibility index (Phi) is 6.38. The Bertz CT molecular complexity index is 1450. The third-order valence-corrected chi connectivity index (χ3v) is 6.46. The first-order chi connectivity index (χ1) is 17.1. The summed E-state index contributed by atoms with van der Waals surface area (Å²) in [5.74, 6) is -0.758. The molecule has 0 aliphatic carbocycles. The van der Waals surface area contributed by atoms with Crippen LogP contribution in [0.15, 0.2) is 107 Å². The van der Waals surface area contributed by atoms with Gasteiger partial charge in [-0.25, -0.2) is 4.79 Å². The van der Waals surface area contributed by atoms with Crippen molar-refractivity contribution in [3.05, 3.63) is 124 Å². The fourth-order valence-electron chi connectivity index (χ4n) is 4.37. The second-order valence-electron chi connectivity index (χ2n) is 8.07. The maximum Gasteiger partial charge on any atom is 0.340 e. The molecule has 1 aliphatic rings. The molecule has 5 nitrogen and oxygen atoms in total. The number of ether oxygens (including phenoxy) is 2. The van der Waals surface area contributed by atoms with Crippen molar-refractivity contribution >= 4 is 38.6 Å². The van der Waals surface area contributed by atoms with Gasteiger partial charge in [0.25, 0.3) is 5.91 Å². The Balaban J connectivity index is 1.71. The predicted octanol–water partition coefficient (Wildman–Crippen LogP) is 6.33. The molecule has 0 aromatic heterocycles. The fourth-order valence-corrected chi connectivity index (χ4v) is 4.63. The lowest BCUT2D eigenvalue weighted by Gasteiger charge is -2.31. The summed E-state index contributed by atoms with van der Waals surface area (Å²) >= 11 is 3.38. The third kappa shape index (κ3) is 4.45. The summed E-state index contributed by atoms with van der Waals surface area (Å²) in [5.41, 5.74) is 2.45. The van der Waals surface area contributed by atoms with Gasteiger partial charge in [-0.05, 0) is 53.6 Å². The molecule has 1 heterocycles. The van der Waals surface area contributed by atoms with E-state index in [1.807, 2.05) is 66.7 Å². The molecule has 6 heteroatoms. The quantitative estimate of drug-likeness (QED) is 0.308. The van der Waals surface area contributed by atoms with Gasteiger partial charge in [-0.1, -0.05) is 76.6 Å². The van der Waals surface area contributed by atoms with Crippen LogP contribution < -0.4 is 10.1 Å². The zero-order valence-electron chi connectivity index (χ0n) is 19.0. The summed E-state index contributed by atoms with van der Waals surface area (Å²) < 4.78 is 12.5. The Hall–Kier alpha value is -3.90. The van der Waals surface area contributed by atoms with Gasteiger partial charge in [-0.3, -0.25) is 10.1 Å². The molecular formula is C29H22BrNO4. The number of benzene rings is 4. The van der Waals surface area contributed by atoms with Crippen molar-refractivity contribution in [2.45, 2.75) is 12.8 Å². The summed E-state index contributed by atoms with van der Waals surface area (Å²) in [5, 5.41) is 4.84. The number of esters is 1. The Morgan fingerprint density at radius 2 is 1.63 bits per heavy atom. The highest BCUT2D eigenvalue weighted by molar-refractivity contribution is 9.10. The Labute approximate surface area is 211 Å². The maximum absolute atomic E-state index is 13.4. The molecule has 0 fully saturated rings. The molecule has 4 aromatic carbocycles. The van der Waals surface area contributed by atoms with Gasteiger partial charge in [-0.15, -0.1) is 0 Å². The van der Waals surface area contributed by atoms with Gasteiger partial charge < -0.3 is 9.47 Å². The molecule has 0 radical (unpaired) electrons. The first kappa shape index (κ1) is 22.9. The lowest BCUT2D eigenvalue weighted by Crippen LogP contribution is -2.34. The van der Waals surface area contributed by atoms with Crippen LogP contribution in [0.4, 0.5) is 0 Å². The van der Waals surface area contributed by atoms with Crippen molar-refractivity contribution in [2.24, 2.45) is 0 Å². The molecule has 0 bridgehead atoms. The van der Waals surface area contributed by atoms with E-state index in [0.29, 0.717) is 11.3 Å². The van der Waals surface area contributed by atoms with E-state index in [1.165, 1.54) is 0 Å². The summed E-state index contributed by atoms with van der Waals surface area (Å²) in [6.45, 7) is 1.95. The van der Waals surface area contributed by atoms with E-state index in [1.54, 1.807) is 31.2 Å². The van der Waals surface area contributed by atoms with Crippen molar-refractivity contribution in [3.8, 4) is 5.75 Å². The van der Waals surface area contributed by atoms with Gasteiger partial charge in [0.2, 0.25) is 5.88 Å². The van der Waals surface area contributed by atoms with Crippen molar-refractivity contribution < 1.29 is 19.1 Å². The van der Waals surface area contributed by atoms with Gasteiger partial charge in [0.1, 0.15) is 11.3 Å². The number of carbonyl (C=O) groups excluding carboxylic acids is 2. The lowest BCUT2D eigenvalue weighted by molar-refractivity contribution is -0.139. The number of hydrogen-bond acceptors (Lipinski definition) is 4. The van der Waals surface area contributed by atoms with Crippen LogP contribution in [0.3, 0.4) is 0 Å². The molecule has 1 N–H and O–H groups in total. The zero-order valence-corrected chi connectivity index (χ0v) is 20.5. The van der Waals surface area contributed by atoms with E-state index in [2.05, 4.69) is 21.2 Å². The zero-order chi connectivity index (χ0) is 24.4. The standard InChI is InChI=1S/C29H22BrNO4/c1-2-34-29(33)26-24(19-9-4-3-5-10-19)25-22-11-7-6-8-18(22)14-17-23(25)35-28(26)31-27(32)20-12-15-21(30)16-13-20/h3-17,24H,2H2,1H3,(H,31,32). The fraction of sp³-hybridized carbons (Fsp3) is 0.103. The maximum atomic E-state index is 13.4. The number of carbonyl (C=O) groups is 2. The number of halogens is 1. The minimum atomic E-state index is -0.536. The highest BCUT2D eigenvalue weighted by Crippen LogP contribution is 2.46. The second kappa shape index (κ2) is 9.76. The van der Waals surface area contributed by atoms with Gasteiger partial charge >= 0.3 is 5.97 Å². The highest BCUT2D eigenvalue weighted by atomic mass is 79.9. The molecule has 0 spiro atoms. The molecule has 35 heavy (non-hydrogen) atoms. The van der Waals surface area contributed by atoms with Crippen LogP contribution in [-0.4, -0.2) is 18.5 Å². The first-order valence-electron chi connectivity index (χ1n) is 11.3. The number of nitrogens with one attached hydrogen (secondary N) is 1. The minimum Gasteiger partial charge on any atom is -0.462 e. The second-order valence-corrected chi connectivity index (χ2v) is 8.98. The van der Waals surface area contributed by atoms with Crippen LogP contribution in [0.2, 0.25) is 0 Å². The molecule has 1 unspecified atom stereocenters. The van der Waals surface area contributed by atoms with Crippen LogP contribution in [-0.2, 0) is 9.53 Å². The average Bonchev–Trinajstić information content (AvgIpc) is 2.88. The van der Waals surface area contributed by atoms with Crippen LogP contribution in [0.5, 0.6) is 5.75 Å². The smallest absolute Gasteiger partial charge is 0.340 e. The summed E-state index contributed by atoms with van der Waals surface area (Å²) in [4.78, 5) is 26.5. The molecule has 1 aliphatic heterocycles. The monoisotopic (exact) mass is 527 g/mol. The number of rotatable bonds is 5. The molecule has 174 valence electrons. The van der Waals surface area contributed by atoms with Crippen LogP contribution in [0, 0.1) is 0 Å². The third-order valence-electron chi connectivity index (χ3n) is 5.93. The predicted molar refractivity (Wildman–Crippen MR) is 138 cm³/mol. The van der Waals surface area contributed by atoms with Gasteiger partial charge in [0, 0.05) is 15.6 Å². The Morgan fingerprint density at radius 1 is 0.914 bits per heavy atom. The van der Waals surface area contributed by atoms with E-state index in [9.17, 15) is 9.59 Å². The highest BCUT2D eigenvalue weighted by Gasteiger charge is 2.38. The average molecular weight is 528 g/mol. The van der Waals surface area contributed by atoms with E-state index in [-0.39, 0.29) is 24.0 Å². The first-order valence-corrected chi connectivity index (χ1v) is 12.1. The molecule has 4 aromatic rings. The van der Waals surface area contributed by atoms with E-state index >= 15 is 0 Å². The van der Waals surface area contributed by atoms with Gasteiger partial charge in [0.05, 0.1) is 12.5 Å². The van der Waals surface area contributed by atoms with Crippen molar-refractivity contribution in [1.29, 1.82) is 0 Å².